The van der Waals surface area contributed by atoms with Crippen LogP contribution in [0.3, 0.4) is 0 Å². The summed E-state index contributed by atoms with van der Waals surface area (Å²) in [6.45, 7) is 0. The summed E-state index contributed by atoms with van der Waals surface area (Å²) < 4.78 is 13.6. The molecule has 1 aromatic carbocycles. The van der Waals surface area contributed by atoms with Gasteiger partial charge in [-0.3, -0.25) is 4.98 Å². The Bertz CT molecular complexity index is 502. The average Bonchev–Trinajstić information content (AvgIpc) is 2.30. The van der Waals surface area contributed by atoms with Gasteiger partial charge in [-0.05, 0) is 36.2 Å². The molecule has 2 aromatic rings. The highest BCUT2D eigenvalue weighted by molar-refractivity contribution is 6.30. The van der Waals surface area contributed by atoms with Crippen molar-refractivity contribution in [2.75, 3.05) is 0 Å². The smallest absolute Gasteiger partial charge is 0.129 e. The maximum Gasteiger partial charge on any atom is 0.129 e. The van der Waals surface area contributed by atoms with E-state index >= 15 is 0 Å². The first kappa shape index (κ1) is 12.3. The van der Waals surface area contributed by atoms with Gasteiger partial charge in [0, 0.05) is 23.0 Å². The third kappa shape index (κ3) is 3.18. The molecule has 0 aliphatic carbocycles. The van der Waals surface area contributed by atoms with Crippen molar-refractivity contribution in [3.8, 4) is 0 Å². The van der Waals surface area contributed by atoms with Crippen LogP contribution in [-0.2, 0) is 6.42 Å². The first-order valence-corrected chi connectivity index (χ1v) is 5.96. The first-order valence-electron chi connectivity index (χ1n) is 5.15. The van der Waals surface area contributed by atoms with E-state index in [0.29, 0.717) is 17.0 Å². The fourth-order valence-corrected chi connectivity index (χ4v) is 2.11. The SMILES string of the molecule is Fc1cc(Cl)ccc1C(Cl)Cc1ccncc1. The lowest BCUT2D eigenvalue weighted by Crippen LogP contribution is -1.99. The monoisotopic (exact) mass is 269 g/mol. The molecule has 4 heteroatoms. The van der Waals surface area contributed by atoms with Gasteiger partial charge < -0.3 is 0 Å². The minimum atomic E-state index is -0.408. The van der Waals surface area contributed by atoms with Gasteiger partial charge >= 0.3 is 0 Å². The molecule has 0 saturated heterocycles. The second-order valence-corrected chi connectivity index (χ2v) is 4.66. The van der Waals surface area contributed by atoms with Crippen molar-refractivity contribution in [2.24, 2.45) is 0 Å². The number of nitrogens with zero attached hydrogens (tertiary/aromatic N) is 1. The Morgan fingerprint density at radius 3 is 2.53 bits per heavy atom. The number of alkyl halides is 1. The molecule has 0 bridgehead atoms. The molecule has 88 valence electrons. The van der Waals surface area contributed by atoms with Crippen molar-refractivity contribution in [3.05, 3.63) is 64.7 Å². The Hall–Kier alpha value is -1.12. The Morgan fingerprint density at radius 2 is 1.88 bits per heavy atom. The number of pyridine rings is 1. The zero-order valence-electron chi connectivity index (χ0n) is 8.91. The number of rotatable bonds is 3. The number of hydrogen-bond acceptors (Lipinski definition) is 1. The lowest BCUT2D eigenvalue weighted by Gasteiger charge is -2.11. The van der Waals surface area contributed by atoms with Gasteiger partial charge in [0.1, 0.15) is 5.82 Å². The van der Waals surface area contributed by atoms with Crippen LogP contribution in [0.5, 0.6) is 0 Å². The van der Waals surface area contributed by atoms with Crippen LogP contribution in [0, 0.1) is 5.82 Å². The van der Waals surface area contributed by atoms with Gasteiger partial charge in [0.25, 0.3) is 0 Å². The molecular formula is C13H10Cl2FN. The Morgan fingerprint density at radius 1 is 1.18 bits per heavy atom. The largest absolute Gasteiger partial charge is 0.265 e. The number of benzene rings is 1. The molecule has 0 amide bonds. The van der Waals surface area contributed by atoms with E-state index < -0.39 is 5.38 Å². The molecule has 0 fully saturated rings. The van der Waals surface area contributed by atoms with E-state index in [1.807, 2.05) is 12.1 Å². The van der Waals surface area contributed by atoms with Crippen molar-refractivity contribution < 1.29 is 4.39 Å². The summed E-state index contributed by atoms with van der Waals surface area (Å²) in [6, 6.07) is 8.27. The van der Waals surface area contributed by atoms with Gasteiger partial charge in [-0.25, -0.2) is 4.39 Å². The van der Waals surface area contributed by atoms with Crippen molar-refractivity contribution in [2.45, 2.75) is 11.8 Å². The van der Waals surface area contributed by atoms with Crippen LogP contribution in [0.1, 0.15) is 16.5 Å². The number of halogens is 3. The molecule has 1 aromatic heterocycles. The first-order chi connectivity index (χ1) is 8.16. The second kappa shape index (κ2) is 5.48. The van der Waals surface area contributed by atoms with Crippen LogP contribution in [0.2, 0.25) is 5.02 Å². The minimum absolute atomic E-state index is 0.369. The third-order valence-corrected chi connectivity index (χ3v) is 3.09. The fourth-order valence-electron chi connectivity index (χ4n) is 1.59. The van der Waals surface area contributed by atoms with Crippen molar-refractivity contribution >= 4 is 23.2 Å². The van der Waals surface area contributed by atoms with Gasteiger partial charge in [-0.2, -0.15) is 0 Å². The summed E-state index contributed by atoms with van der Waals surface area (Å²) in [7, 11) is 0. The third-order valence-electron chi connectivity index (χ3n) is 2.46. The second-order valence-electron chi connectivity index (χ2n) is 3.69. The summed E-state index contributed by atoms with van der Waals surface area (Å²) in [6.07, 6.45) is 3.94. The van der Waals surface area contributed by atoms with E-state index in [4.69, 9.17) is 23.2 Å². The Kier molecular flexibility index (Phi) is 3.97. The molecule has 2 rings (SSSR count). The summed E-state index contributed by atoms with van der Waals surface area (Å²) in [5.41, 5.74) is 1.49. The van der Waals surface area contributed by atoms with E-state index in [9.17, 15) is 4.39 Å². The van der Waals surface area contributed by atoms with Crippen molar-refractivity contribution in [1.29, 1.82) is 0 Å². The highest BCUT2D eigenvalue weighted by Gasteiger charge is 2.13. The molecule has 0 spiro atoms. The summed E-state index contributed by atoms with van der Waals surface area (Å²) >= 11 is 11.9. The quantitative estimate of drug-likeness (QED) is 0.753. The lowest BCUT2D eigenvalue weighted by molar-refractivity contribution is 0.606. The van der Waals surface area contributed by atoms with Gasteiger partial charge in [-0.1, -0.05) is 17.7 Å². The van der Waals surface area contributed by atoms with E-state index in [0.717, 1.165) is 5.56 Å². The molecule has 0 N–H and O–H groups in total. The van der Waals surface area contributed by atoms with Crippen LogP contribution in [0.15, 0.2) is 42.7 Å². The lowest BCUT2D eigenvalue weighted by atomic mass is 10.0. The molecule has 1 unspecified atom stereocenters. The molecule has 0 aliphatic heterocycles. The van der Waals surface area contributed by atoms with Gasteiger partial charge in [-0.15, -0.1) is 11.6 Å². The highest BCUT2D eigenvalue weighted by atomic mass is 35.5. The maximum absolute atomic E-state index is 13.6. The van der Waals surface area contributed by atoms with Crippen LogP contribution in [-0.4, -0.2) is 4.98 Å². The molecule has 0 saturated carbocycles. The highest BCUT2D eigenvalue weighted by Crippen LogP contribution is 2.28. The number of aromatic nitrogens is 1. The minimum Gasteiger partial charge on any atom is -0.265 e. The molecule has 0 aliphatic rings. The van der Waals surface area contributed by atoms with Crippen LogP contribution >= 0.6 is 23.2 Å². The molecule has 0 radical (unpaired) electrons. The normalized spacial score (nSPS) is 12.4. The predicted octanol–water partition coefficient (Wildman–Crippen LogP) is 4.40. The standard InChI is InChI=1S/C13H10Cl2FN/c14-10-1-2-11(13(16)8-10)12(15)7-9-3-5-17-6-4-9/h1-6,8,12H,7H2. The van der Waals surface area contributed by atoms with Crippen molar-refractivity contribution in [1.82, 2.24) is 4.98 Å². The van der Waals surface area contributed by atoms with Crippen LogP contribution < -0.4 is 0 Å². The van der Waals surface area contributed by atoms with E-state index in [1.165, 1.54) is 6.07 Å². The zero-order chi connectivity index (χ0) is 12.3. The summed E-state index contributed by atoms with van der Waals surface area (Å²) in [4.78, 5) is 3.92. The van der Waals surface area contributed by atoms with E-state index in [1.54, 1.807) is 24.5 Å². The topological polar surface area (TPSA) is 12.9 Å². The predicted molar refractivity (Wildman–Crippen MR) is 67.9 cm³/mol. The zero-order valence-corrected chi connectivity index (χ0v) is 10.4. The van der Waals surface area contributed by atoms with E-state index in [-0.39, 0.29) is 5.82 Å². The molecule has 17 heavy (non-hydrogen) atoms. The molecule has 1 heterocycles. The molecule has 1 nitrogen and oxygen atoms in total. The van der Waals surface area contributed by atoms with Gasteiger partial charge in [0.2, 0.25) is 0 Å². The van der Waals surface area contributed by atoms with Crippen LogP contribution in [0.25, 0.3) is 0 Å². The Labute approximate surface area is 109 Å². The summed E-state index contributed by atoms with van der Waals surface area (Å²) in [5, 5.41) is -0.0336. The average molecular weight is 270 g/mol. The molecular weight excluding hydrogens is 260 g/mol. The molecule has 1 atom stereocenters. The van der Waals surface area contributed by atoms with Gasteiger partial charge in [0.05, 0.1) is 5.38 Å². The van der Waals surface area contributed by atoms with Crippen LogP contribution in [0.4, 0.5) is 4.39 Å². The number of hydrogen-bond donors (Lipinski definition) is 0. The van der Waals surface area contributed by atoms with Crippen molar-refractivity contribution in [3.63, 3.8) is 0 Å². The van der Waals surface area contributed by atoms with Gasteiger partial charge in [0.15, 0.2) is 0 Å². The Balaban J connectivity index is 2.17. The maximum atomic E-state index is 13.6. The summed E-state index contributed by atoms with van der Waals surface area (Å²) in [5.74, 6) is -0.369. The van der Waals surface area contributed by atoms with E-state index in [2.05, 4.69) is 4.98 Å². The fraction of sp³-hybridized carbons (Fsp3) is 0.154.